The quantitative estimate of drug-likeness (QED) is 0.470. The van der Waals surface area contributed by atoms with Gasteiger partial charge in [0.1, 0.15) is 5.75 Å². The smallest absolute Gasteiger partial charge is 0.229 e. The lowest BCUT2D eigenvalue weighted by molar-refractivity contribution is -0.118. The Morgan fingerprint density at radius 3 is 2.41 bits per heavy atom. The molecule has 32 heavy (non-hydrogen) atoms. The summed E-state index contributed by atoms with van der Waals surface area (Å²) >= 11 is 1.46. The minimum absolute atomic E-state index is 0.115. The summed E-state index contributed by atoms with van der Waals surface area (Å²) in [6.07, 6.45) is -0.115. The summed E-state index contributed by atoms with van der Waals surface area (Å²) in [6.45, 7) is 5.12. The summed E-state index contributed by atoms with van der Waals surface area (Å²) in [5.74, 6) is 0.0632. The Bertz CT molecular complexity index is 1200. The van der Waals surface area contributed by atoms with E-state index in [-0.39, 0.29) is 23.0 Å². The van der Waals surface area contributed by atoms with Crippen LogP contribution in [0.3, 0.4) is 0 Å². The molecule has 0 bridgehead atoms. The van der Waals surface area contributed by atoms with Gasteiger partial charge in [0.05, 0.1) is 28.0 Å². The number of hydrogen-bond donors (Lipinski definition) is 0. The molecule has 172 valence electrons. The van der Waals surface area contributed by atoms with Crippen molar-refractivity contribution in [1.82, 2.24) is 9.88 Å². The Labute approximate surface area is 193 Å². The van der Waals surface area contributed by atoms with Crippen LogP contribution in [0.25, 0.3) is 10.2 Å². The topological polar surface area (TPSA) is 79.8 Å². The first-order chi connectivity index (χ1) is 15.1. The van der Waals surface area contributed by atoms with Crippen LogP contribution in [0.2, 0.25) is 0 Å². The van der Waals surface area contributed by atoms with Crippen LogP contribution in [-0.4, -0.2) is 64.3 Å². The largest absolute Gasteiger partial charge is 0.497 e. The number of anilines is 1. The van der Waals surface area contributed by atoms with Crippen LogP contribution in [0.15, 0.2) is 41.3 Å². The van der Waals surface area contributed by atoms with Crippen molar-refractivity contribution in [2.24, 2.45) is 0 Å². The Morgan fingerprint density at radius 1 is 1.09 bits per heavy atom. The summed E-state index contributed by atoms with van der Waals surface area (Å²) in [5.41, 5.74) is 3.08. The van der Waals surface area contributed by atoms with Gasteiger partial charge in [-0.05, 0) is 69.4 Å². The number of methoxy groups -OCH3 is 1. The number of likely N-dealkylation sites (N-methyl/N-ethyl adjacent to an activating group) is 1. The number of hydrogen-bond acceptors (Lipinski definition) is 7. The number of ether oxygens (including phenoxy) is 1. The molecule has 0 aliphatic heterocycles. The first-order valence-electron chi connectivity index (χ1n) is 10.3. The maximum atomic E-state index is 13.2. The van der Waals surface area contributed by atoms with Gasteiger partial charge < -0.3 is 9.64 Å². The number of carbonyl (C=O) groups is 1. The summed E-state index contributed by atoms with van der Waals surface area (Å²) in [7, 11) is 1.79. The zero-order valence-corrected chi connectivity index (χ0v) is 20.7. The number of amides is 1. The molecular formula is C23H29N3O4S2. The number of benzene rings is 2. The molecule has 0 saturated heterocycles. The monoisotopic (exact) mass is 475 g/mol. The fourth-order valence-corrected chi connectivity index (χ4v) is 5.77. The first-order valence-corrected chi connectivity index (χ1v) is 12.8. The van der Waals surface area contributed by atoms with E-state index in [2.05, 4.69) is 12.1 Å². The molecule has 1 heterocycles. The maximum absolute atomic E-state index is 13.2. The average Bonchev–Trinajstić information content (AvgIpc) is 3.16. The molecule has 7 nitrogen and oxygen atoms in total. The van der Waals surface area contributed by atoms with Gasteiger partial charge in [0, 0.05) is 19.5 Å². The molecule has 1 aromatic heterocycles. The Kier molecular flexibility index (Phi) is 7.53. The Morgan fingerprint density at radius 2 is 1.78 bits per heavy atom. The van der Waals surface area contributed by atoms with Gasteiger partial charge in [-0.15, -0.1) is 0 Å². The summed E-state index contributed by atoms with van der Waals surface area (Å²) in [4.78, 5) is 21.6. The maximum Gasteiger partial charge on any atom is 0.229 e. The number of rotatable bonds is 9. The zero-order valence-electron chi connectivity index (χ0n) is 19.1. The predicted octanol–water partition coefficient (Wildman–Crippen LogP) is 3.68. The van der Waals surface area contributed by atoms with Crippen molar-refractivity contribution in [3.63, 3.8) is 0 Å². The third-order valence-electron chi connectivity index (χ3n) is 5.12. The molecule has 0 fully saturated rings. The SMILES string of the molecule is COc1ccc(S(=O)(=O)CCC(=O)N(CCN(C)C)c2nc3c(C)cc(C)cc3s2)cc1. The third kappa shape index (κ3) is 5.65. The summed E-state index contributed by atoms with van der Waals surface area (Å²) < 4.78 is 31.6. The van der Waals surface area contributed by atoms with E-state index in [1.807, 2.05) is 32.8 Å². The van der Waals surface area contributed by atoms with Crippen LogP contribution in [-0.2, 0) is 14.6 Å². The van der Waals surface area contributed by atoms with Crippen molar-refractivity contribution in [2.45, 2.75) is 25.2 Å². The lowest BCUT2D eigenvalue weighted by atomic mass is 10.1. The normalized spacial score (nSPS) is 11.8. The second-order valence-electron chi connectivity index (χ2n) is 8.02. The van der Waals surface area contributed by atoms with Crippen LogP contribution >= 0.6 is 11.3 Å². The molecule has 0 unspecified atom stereocenters. The molecule has 1 amide bonds. The van der Waals surface area contributed by atoms with Gasteiger partial charge in [-0.3, -0.25) is 9.69 Å². The molecule has 0 atom stereocenters. The van der Waals surface area contributed by atoms with Gasteiger partial charge in [-0.25, -0.2) is 13.4 Å². The van der Waals surface area contributed by atoms with E-state index in [0.717, 1.165) is 21.3 Å². The molecule has 0 aliphatic rings. The van der Waals surface area contributed by atoms with Gasteiger partial charge >= 0.3 is 0 Å². The van der Waals surface area contributed by atoms with Crippen molar-refractivity contribution in [2.75, 3.05) is 44.9 Å². The number of sulfone groups is 1. The second kappa shape index (κ2) is 9.97. The second-order valence-corrected chi connectivity index (χ2v) is 11.1. The van der Waals surface area contributed by atoms with Gasteiger partial charge in [-0.1, -0.05) is 17.4 Å². The number of aromatic nitrogens is 1. The number of carbonyl (C=O) groups excluding carboxylic acids is 1. The van der Waals surface area contributed by atoms with E-state index in [9.17, 15) is 13.2 Å². The molecule has 3 rings (SSSR count). The molecule has 0 radical (unpaired) electrons. The fraction of sp³-hybridized carbons (Fsp3) is 0.391. The molecule has 3 aromatic rings. The van der Waals surface area contributed by atoms with E-state index in [0.29, 0.717) is 24.0 Å². The van der Waals surface area contributed by atoms with Gasteiger partial charge in [0.25, 0.3) is 0 Å². The number of nitrogens with zero attached hydrogens (tertiary/aromatic N) is 3. The van der Waals surface area contributed by atoms with E-state index in [1.54, 1.807) is 17.0 Å². The number of aryl methyl sites for hydroxylation is 2. The fourth-order valence-electron chi connectivity index (χ4n) is 3.36. The van der Waals surface area contributed by atoms with Crippen molar-refractivity contribution >= 4 is 42.4 Å². The molecule has 0 saturated carbocycles. The van der Waals surface area contributed by atoms with Gasteiger partial charge in [0.15, 0.2) is 15.0 Å². The average molecular weight is 476 g/mol. The lowest BCUT2D eigenvalue weighted by Crippen LogP contribution is -2.37. The molecule has 0 spiro atoms. The van der Waals surface area contributed by atoms with E-state index in [4.69, 9.17) is 9.72 Å². The number of thiazole rings is 1. The highest BCUT2D eigenvalue weighted by Gasteiger charge is 2.23. The Hall–Kier alpha value is -2.49. The highest BCUT2D eigenvalue weighted by atomic mass is 32.2. The van der Waals surface area contributed by atoms with Crippen LogP contribution in [0.1, 0.15) is 17.5 Å². The molecule has 2 aromatic carbocycles. The van der Waals surface area contributed by atoms with E-state index >= 15 is 0 Å². The van der Waals surface area contributed by atoms with Crippen LogP contribution in [0.5, 0.6) is 5.75 Å². The highest BCUT2D eigenvalue weighted by molar-refractivity contribution is 7.91. The molecule has 0 aliphatic carbocycles. The summed E-state index contributed by atoms with van der Waals surface area (Å²) in [5, 5.41) is 0.599. The predicted molar refractivity (Wildman–Crippen MR) is 130 cm³/mol. The van der Waals surface area contributed by atoms with Crippen LogP contribution in [0, 0.1) is 13.8 Å². The zero-order chi connectivity index (χ0) is 23.5. The van der Waals surface area contributed by atoms with Gasteiger partial charge in [0.2, 0.25) is 5.91 Å². The van der Waals surface area contributed by atoms with Crippen molar-refractivity contribution in [3.8, 4) is 5.75 Å². The van der Waals surface area contributed by atoms with Crippen LogP contribution in [0.4, 0.5) is 5.13 Å². The highest BCUT2D eigenvalue weighted by Crippen LogP contribution is 2.32. The van der Waals surface area contributed by atoms with E-state index < -0.39 is 9.84 Å². The standard InChI is InChI=1S/C23H29N3O4S2/c1-16-14-17(2)22-20(15-16)31-23(24-22)26(12-11-25(3)4)21(27)10-13-32(28,29)19-8-6-18(30-5)7-9-19/h6-9,14-15H,10-13H2,1-5H3. The van der Waals surface area contributed by atoms with Gasteiger partial charge in [-0.2, -0.15) is 0 Å². The minimum Gasteiger partial charge on any atom is -0.497 e. The molecule has 0 N–H and O–H groups in total. The van der Waals surface area contributed by atoms with E-state index in [1.165, 1.54) is 30.6 Å². The van der Waals surface area contributed by atoms with Crippen molar-refractivity contribution in [3.05, 3.63) is 47.5 Å². The van der Waals surface area contributed by atoms with Crippen molar-refractivity contribution < 1.29 is 17.9 Å². The lowest BCUT2D eigenvalue weighted by Gasteiger charge is -2.22. The molecule has 9 heteroatoms. The summed E-state index contributed by atoms with van der Waals surface area (Å²) in [6, 6.07) is 10.3. The first kappa shape index (κ1) is 24.2. The van der Waals surface area contributed by atoms with Crippen LogP contribution < -0.4 is 9.64 Å². The third-order valence-corrected chi connectivity index (χ3v) is 7.88. The Balaban J connectivity index is 1.82. The van der Waals surface area contributed by atoms with Crippen molar-refractivity contribution in [1.29, 1.82) is 0 Å². The number of fused-ring (bicyclic) bond motifs is 1. The minimum atomic E-state index is -3.59. The molecular weight excluding hydrogens is 446 g/mol.